The Bertz CT molecular complexity index is 471. The number of aryl methyl sites for hydroxylation is 3. The molecule has 2 N–H and O–H groups in total. The normalized spacial score (nSPS) is 12.1. The van der Waals surface area contributed by atoms with Crippen LogP contribution in [-0.2, 0) is 9.53 Å². The van der Waals surface area contributed by atoms with E-state index in [1.54, 1.807) is 6.92 Å². The summed E-state index contributed by atoms with van der Waals surface area (Å²) in [6.07, 6.45) is -0.0242. The minimum Gasteiger partial charge on any atom is -0.465 e. The van der Waals surface area contributed by atoms with Gasteiger partial charge in [0.25, 0.3) is 0 Å². The number of carbonyl (C=O) groups is 2. The molecule has 0 aromatic heterocycles. The second kappa shape index (κ2) is 6.48. The number of nitrogens with two attached hydrogens (primary N) is 1. The van der Waals surface area contributed by atoms with Crippen molar-refractivity contribution in [1.29, 1.82) is 0 Å². The molecule has 104 valence electrons. The molecule has 19 heavy (non-hydrogen) atoms. The summed E-state index contributed by atoms with van der Waals surface area (Å²) in [5.41, 5.74) is 9.28. The Kier molecular flexibility index (Phi) is 5.24. The van der Waals surface area contributed by atoms with Crippen molar-refractivity contribution in [3.05, 3.63) is 34.4 Å². The lowest BCUT2D eigenvalue weighted by atomic mass is 9.94. The van der Waals surface area contributed by atoms with Crippen LogP contribution in [0.25, 0.3) is 0 Å². The molecule has 0 aliphatic heterocycles. The highest BCUT2D eigenvalue weighted by molar-refractivity contribution is 6.01. The summed E-state index contributed by atoms with van der Waals surface area (Å²) in [5, 5.41) is 0. The van der Waals surface area contributed by atoms with Crippen LogP contribution in [-0.4, -0.2) is 24.4 Å². The van der Waals surface area contributed by atoms with Gasteiger partial charge in [0.05, 0.1) is 6.61 Å². The maximum absolute atomic E-state index is 12.2. The van der Waals surface area contributed by atoms with Crippen molar-refractivity contribution in [3.8, 4) is 0 Å². The minimum atomic E-state index is -0.896. The zero-order valence-corrected chi connectivity index (χ0v) is 11.9. The van der Waals surface area contributed by atoms with E-state index in [1.807, 2.05) is 32.9 Å². The summed E-state index contributed by atoms with van der Waals surface area (Å²) in [5.74, 6) is -0.645. The molecule has 0 aliphatic carbocycles. The van der Waals surface area contributed by atoms with Crippen molar-refractivity contribution in [1.82, 2.24) is 0 Å². The monoisotopic (exact) mass is 263 g/mol. The highest BCUT2D eigenvalue weighted by atomic mass is 16.5. The van der Waals surface area contributed by atoms with Crippen molar-refractivity contribution in [2.45, 2.75) is 40.2 Å². The molecule has 0 bridgehead atoms. The van der Waals surface area contributed by atoms with Gasteiger partial charge in [-0.2, -0.15) is 0 Å². The average Bonchev–Trinajstić information content (AvgIpc) is 2.27. The van der Waals surface area contributed by atoms with E-state index in [9.17, 15) is 9.59 Å². The molecule has 1 aromatic rings. The van der Waals surface area contributed by atoms with Crippen molar-refractivity contribution >= 4 is 11.8 Å². The number of carbonyl (C=O) groups excluding carboxylic acids is 2. The van der Waals surface area contributed by atoms with Gasteiger partial charge in [-0.25, -0.2) is 0 Å². The third-order valence-electron chi connectivity index (χ3n) is 2.95. The fourth-order valence-electron chi connectivity index (χ4n) is 2.25. The number of hydrogen-bond donors (Lipinski definition) is 1. The minimum absolute atomic E-state index is 0.0242. The van der Waals surface area contributed by atoms with Gasteiger partial charge in [0.2, 0.25) is 0 Å². The molecule has 0 heterocycles. The van der Waals surface area contributed by atoms with Gasteiger partial charge < -0.3 is 10.5 Å². The summed E-state index contributed by atoms with van der Waals surface area (Å²) < 4.78 is 4.80. The predicted molar refractivity (Wildman–Crippen MR) is 74.2 cm³/mol. The maximum atomic E-state index is 12.2. The first-order valence-corrected chi connectivity index (χ1v) is 6.40. The zero-order chi connectivity index (χ0) is 14.6. The van der Waals surface area contributed by atoms with Crippen molar-refractivity contribution in [3.63, 3.8) is 0 Å². The number of benzene rings is 1. The Morgan fingerprint density at radius 2 is 1.74 bits per heavy atom. The molecular weight excluding hydrogens is 242 g/mol. The van der Waals surface area contributed by atoms with Crippen LogP contribution < -0.4 is 5.73 Å². The molecule has 0 fully saturated rings. The van der Waals surface area contributed by atoms with Crippen LogP contribution in [0.3, 0.4) is 0 Å². The third kappa shape index (κ3) is 3.89. The molecule has 1 rings (SSSR count). The highest BCUT2D eigenvalue weighted by Crippen LogP contribution is 2.18. The summed E-state index contributed by atoms with van der Waals surface area (Å²) in [7, 11) is 0. The molecule has 1 atom stereocenters. The molecule has 0 amide bonds. The Labute approximate surface area is 113 Å². The second-order valence-electron chi connectivity index (χ2n) is 4.76. The first-order chi connectivity index (χ1) is 8.86. The van der Waals surface area contributed by atoms with Crippen molar-refractivity contribution < 1.29 is 14.3 Å². The quantitative estimate of drug-likeness (QED) is 0.652. The number of ether oxygens (including phenoxy) is 1. The predicted octanol–water partition coefficient (Wildman–Crippen LogP) is 2.08. The van der Waals surface area contributed by atoms with Gasteiger partial charge >= 0.3 is 5.97 Å². The molecular formula is C15H21NO3. The Morgan fingerprint density at radius 1 is 1.21 bits per heavy atom. The molecule has 0 spiro atoms. The Morgan fingerprint density at radius 3 is 2.21 bits per heavy atom. The number of rotatable bonds is 5. The zero-order valence-electron chi connectivity index (χ0n) is 11.9. The van der Waals surface area contributed by atoms with E-state index in [0.717, 1.165) is 16.7 Å². The van der Waals surface area contributed by atoms with Gasteiger partial charge in [-0.1, -0.05) is 17.7 Å². The number of esters is 1. The lowest BCUT2D eigenvalue weighted by Crippen LogP contribution is -2.34. The summed E-state index contributed by atoms with van der Waals surface area (Å²) in [6.45, 7) is 7.74. The number of Topliss-reactive ketones (excluding diaryl/α,β-unsaturated/α-hetero) is 1. The van der Waals surface area contributed by atoms with Crippen LogP contribution in [0.5, 0.6) is 0 Å². The molecule has 1 aromatic carbocycles. The standard InChI is InChI=1S/C15H21NO3/c1-5-19-15(18)12(16)8-13(17)14-10(3)6-9(2)7-11(14)4/h6-7,12H,5,8,16H2,1-4H3. The van der Waals surface area contributed by atoms with Crippen LogP contribution in [0.15, 0.2) is 12.1 Å². The maximum Gasteiger partial charge on any atom is 0.323 e. The van der Waals surface area contributed by atoms with E-state index in [2.05, 4.69) is 0 Å². The fraction of sp³-hybridized carbons (Fsp3) is 0.467. The lowest BCUT2D eigenvalue weighted by molar-refractivity contribution is -0.144. The molecule has 4 heteroatoms. The first-order valence-electron chi connectivity index (χ1n) is 6.40. The summed E-state index contributed by atoms with van der Waals surface area (Å²) in [4.78, 5) is 23.7. The Balaban J connectivity index is 2.87. The largest absolute Gasteiger partial charge is 0.465 e. The van der Waals surface area contributed by atoms with Crippen molar-refractivity contribution in [2.24, 2.45) is 5.73 Å². The van der Waals surface area contributed by atoms with E-state index in [0.29, 0.717) is 5.56 Å². The van der Waals surface area contributed by atoms with Crippen LogP contribution in [0.2, 0.25) is 0 Å². The van der Waals surface area contributed by atoms with E-state index < -0.39 is 12.0 Å². The van der Waals surface area contributed by atoms with Gasteiger partial charge in [-0.05, 0) is 38.8 Å². The number of hydrogen-bond acceptors (Lipinski definition) is 4. The summed E-state index contributed by atoms with van der Waals surface area (Å²) >= 11 is 0. The third-order valence-corrected chi connectivity index (χ3v) is 2.95. The van der Waals surface area contributed by atoms with Gasteiger partial charge in [0.15, 0.2) is 5.78 Å². The van der Waals surface area contributed by atoms with Crippen LogP contribution in [0, 0.1) is 20.8 Å². The van der Waals surface area contributed by atoms with Crippen LogP contribution in [0.4, 0.5) is 0 Å². The van der Waals surface area contributed by atoms with Gasteiger partial charge in [-0.3, -0.25) is 9.59 Å². The van der Waals surface area contributed by atoms with E-state index in [1.165, 1.54) is 0 Å². The van der Waals surface area contributed by atoms with E-state index in [4.69, 9.17) is 10.5 Å². The molecule has 0 saturated carbocycles. The second-order valence-corrected chi connectivity index (χ2v) is 4.76. The van der Waals surface area contributed by atoms with Crippen molar-refractivity contribution in [2.75, 3.05) is 6.61 Å². The lowest BCUT2D eigenvalue weighted by Gasteiger charge is -2.13. The van der Waals surface area contributed by atoms with Gasteiger partial charge in [0.1, 0.15) is 6.04 Å². The van der Waals surface area contributed by atoms with Crippen LogP contribution >= 0.6 is 0 Å². The first kappa shape index (κ1) is 15.4. The van der Waals surface area contributed by atoms with E-state index in [-0.39, 0.29) is 18.8 Å². The number of ketones is 1. The molecule has 1 unspecified atom stereocenters. The fourth-order valence-corrected chi connectivity index (χ4v) is 2.25. The van der Waals surface area contributed by atoms with Gasteiger partial charge in [-0.15, -0.1) is 0 Å². The molecule has 0 saturated heterocycles. The molecule has 4 nitrogen and oxygen atoms in total. The average molecular weight is 263 g/mol. The van der Waals surface area contributed by atoms with E-state index >= 15 is 0 Å². The Hall–Kier alpha value is -1.68. The topological polar surface area (TPSA) is 69.4 Å². The molecule has 0 radical (unpaired) electrons. The van der Waals surface area contributed by atoms with Gasteiger partial charge in [0, 0.05) is 12.0 Å². The van der Waals surface area contributed by atoms with Crippen LogP contribution in [0.1, 0.15) is 40.4 Å². The smallest absolute Gasteiger partial charge is 0.323 e. The summed E-state index contributed by atoms with van der Waals surface area (Å²) in [6, 6.07) is 3.01. The highest BCUT2D eigenvalue weighted by Gasteiger charge is 2.21. The SMILES string of the molecule is CCOC(=O)C(N)CC(=O)c1c(C)cc(C)cc1C. The molecule has 0 aliphatic rings.